The number of likely N-dealkylation sites (tertiary alicyclic amines) is 1. The molecule has 0 aliphatic carbocycles. The molecule has 0 bridgehead atoms. The monoisotopic (exact) mass is 512 g/mol. The normalized spacial score (nSPS) is 17.1. The minimum atomic E-state index is -0.811. The third kappa shape index (κ3) is 4.71. The van der Waals surface area contributed by atoms with Crippen molar-refractivity contribution < 1.29 is 23.5 Å². The first-order chi connectivity index (χ1) is 16.9. The molecule has 1 aromatic heterocycles. The van der Waals surface area contributed by atoms with Gasteiger partial charge < -0.3 is 9.64 Å². The molecule has 0 radical (unpaired) electrons. The van der Waals surface area contributed by atoms with Crippen LogP contribution in [0.1, 0.15) is 18.4 Å². The molecule has 2 aliphatic rings. The standard InChI is InChI=1S/C24H18ClFN4O4S/c25-23-27-12-17(26)21(28-23)34-18-8-7-14-5-1-2-6-15(14)16(18)11-19-22(32)30(24(33)35-19)13-20(31)29-9-3-4-10-29/h1-2,5-8,11-12H,3-4,9-10,13H2/b19-11+. The van der Waals surface area contributed by atoms with Gasteiger partial charge in [-0.2, -0.15) is 9.37 Å². The van der Waals surface area contributed by atoms with E-state index in [4.69, 9.17) is 16.3 Å². The molecule has 0 atom stereocenters. The third-order valence-electron chi connectivity index (χ3n) is 5.72. The zero-order chi connectivity index (χ0) is 24.5. The summed E-state index contributed by atoms with van der Waals surface area (Å²) in [5.74, 6) is -1.80. The molecule has 8 nitrogen and oxygen atoms in total. The van der Waals surface area contributed by atoms with E-state index >= 15 is 0 Å². The maximum atomic E-state index is 14.3. The van der Waals surface area contributed by atoms with Crippen LogP contribution in [-0.2, 0) is 9.59 Å². The van der Waals surface area contributed by atoms with Crippen molar-refractivity contribution in [2.24, 2.45) is 0 Å². The van der Waals surface area contributed by atoms with E-state index in [0.717, 1.165) is 41.1 Å². The molecular formula is C24H18ClFN4O4S. The van der Waals surface area contributed by atoms with Gasteiger partial charge in [-0.15, -0.1) is 0 Å². The van der Waals surface area contributed by atoms with E-state index in [1.807, 2.05) is 24.3 Å². The van der Waals surface area contributed by atoms with Gasteiger partial charge in [0.25, 0.3) is 17.0 Å². The Kier molecular flexibility index (Phi) is 6.40. The smallest absolute Gasteiger partial charge is 0.294 e. The van der Waals surface area contributed by atoms with Crippen LogP contribution in [0.15, 0.2) is 47.5 Å². The van der Waals surface area contributed by atoms with Gasteiger partial charge in [0.05, 0.1) is 11.1 Å². The summed E-state index contributed by atoms with van der Waals surface area (Å²) in [6.07, 6.45) is 4.24. The van der Waals surface area contributed by atoms with Crippen molar-refractivity contribution in [3.63, 3.8) is 0 Å². The Morgan fingerprint density at radius 3 is 2.74 bits per heavy atom. The van der Waals surface area contributed by atoms with Gasteiger partial charge in [-0.3, -0.25) is 19.3 Å². The summed E-state index contributed by atoms with van der Waals surface area (Å²) in [5, 5.41) is 0.846. The van der Waals surface area contributed by atoms with Crippen LogP contribution in [0.25, 0.3) is 16.8 Å². The van der Waals surface area contributed by atoms with Crippen molar-refractivity contribution in [3.8, 4) is 11.6 Å². The first kappa shape index (κ1) is 23.3. The van der Waals surface area contributed by atoms with Crippen molar-refractivity contribution in [1.82, 2.24) is 19.8 Å². The van der Waals surface area contributed by atoms with Gasteiger partial charge in [0.1, 0.15) is 12.3 Å². The van der Waals surface area contributed by atoms with Crippen LogP contribution < -0.4 is 4.74 Å². The maximum Gasteiger partial charge on any atom is 0.294 e. The summed E-state index contributed by atoms with van der Waals surface area (Å²) in [6.45, 7) is 0.960. The molecular weight excluding hydrogens is 495 g/mol. The molecule has 11 heteroatoms. The lowest BCUT2D eigenvalue weighted by Gasteiger charge is -2.18. The molecule has 2 saturated heterocycles. The molecule has 178 valence electrons. The fraction of sp³-hybridized carbons (Fsp3) is 0.208. The third-order valence-corrected chi connectivity index (χ3v) is 6.81. The lowest BCUT2D eigenvalue weighted by atomic mass is 10.0. The summed E-state index contributed by atoms with van der Waals surface area (Å²) in [7, 11) is 0. The molecule has 35 heavy (non-hydrogen) atoms. The van der Waals surface area contributed by atoms with E-state index in [1.54, 1.807) is 17.0 Å². The number of nitrogens with zero attached hydrogens (tertiary/aromatic N) is 4. The second-order valence-electron chi connectivity index (χ2n) is 7.95. The summed E-state index contributed by atoms with van der Waals surface area (Å²) in [5.41, 5.74) is 0.452. The number of carbonyl (C=O) groups excluding carboxylic acids is 3. The average molecular weight is 513 g/mol. The molecule has 3 aromatic rings. The molecule has 2 aromatic carbocycles. The van der Waals surface area contributed by atoms with E-state index < -0.39 is 17.0 Å². The first-order valence-electron chi connectivity index (χ1n) is 10.8. The van der Waals surface area contributed by atoms with Crippen LogP contribution in [-0.4, -0.2) is 56.5 Å². The quantitative estimate of drug-likeness (QED) is 0.355. The Bertz CT molecular complexity index is 1390. The first-order valence-corrected chi connectivity index (χ1v) is 12.0. The van der Waals surface area contributed by atoms with Gasteiger partial charge in [-0.25, -0.2) is 4.98 Å². The van der Waals surface area contributed by atoms with E-state index in [2.05, 4.69) is 9.97 Å². The number of halogens is 2. The minimum Gasteiger partial charge on any atom is -0.436 e. The number of carbonyl (C=O) groups is 3. The van der Waals surface area contributed by atoms with E-state index in [9.17, 15) is 18.8 Å². The number of rotatable bonds is 5. The molecule has 5 rings (SSSR count). The minimum absolute atomic E-state index is 0.131. The fourth-order valence-corrected chi connectivity index (χ4v) is 4.94. The van der Waals surface area contributed by atoms with Crippen molar-refractivity contribution in [2.45, 2.75) is 12.8 Å². The highest BCUT2D eigenvalue weighted by molar-refractivity contribution is 8.18. The number of imide groups is 1. The molecule has 0 N–H and O–H groups in total. The molecule has 3 heterocycles. The van der Waals surface area contributed by atoms with Gasteiger partial charge in [-0.1, -0.05) is 30.3 Å². The van der Waals surface area contributed by atoms with E-state index in [-0.39, 0.29) is 34.3 Å². The lowest BCUT2D eigenvalue weighted by molar-refractivity contribution is -0.135. The van der Waals surface area contributed by atoms with Gasteiger partial charge in [0.2, 0.25) is 17.0 Å². The fourth-order valence-electron chi connectivity index (χ4n) is 3.99. The highest BCUT2D eigenvalue weighted by Crippen LogP contribution is 2.38. The Hall–Kier alpha value is -3.50. The second kappa shape index (κ2) is 9.63. The Labute approximate surface area is 208 Å². The number of thioether (sulfide) groups is 1. The Morgan fingerprint density at radius 2 is 1.94 bits per heavy atom. The topological polar surface area (TPSA) is 92.7 Å². The van der Waals surface area contributed by atoms with E-state index in [1.165, 1.54) is 6.08 Å². The summed E-state index contributed by atoms with van der Waals surface area (Å²) in [6, 6.07) is 10.8. The average Bonchev–Trinajstić information content (AvgIpc) is 3.48. The molecule has 3 amide bonds. The number of hydrogen-bond donors (Lipinski definition) is 0. The Balaban J connectivity index is 1.51. The van der Waals surface area contributed by atoms with Crippen LogP contribution in [0.3, 0.4) is 0 Å². The molecule has 2 aliphatic heterocycles. The number of ether oxygens (including phenoxy) is 1. The Morgan fingerprint density at radius 1 is 1.17 bits per heavy atom. The molecule has 0 spiro atoms. The van der Waals surface area contributed by atoms with Crippen LogP contribution in [0.2, 0.25) is 5.28 Å². The van der Waals surface area contributed by atoms with Crippen molar-refractivity contribution in [1.29, 1.82) is 0 Å². The molecule has 0 unspecified atom stereocenters. The number of aromatic nitrogens is 2. The van der Waals surface area contributed by atoms with Crippen LogP contribution in [0.4, 0.5) is 9.18 Å². The van der Waals surface area contributed by atoms with Crippen LogP contribution >= 0.6 is 23.4 Å². The van der Waals surface area contributed by atoms with Gasteiger partial charge >= 0.3 is 0 Å². The number of hydrogen-bond acceptors (Lipinski definition) is 7. The highest BCUT2D eigenvalue weighted by Gasteiger charge is 2.37. The number of fused-ring (bicyclic) bond motifs is 1. The van der Waals surface area contributed by atoms with E-state index in [0.29, 0.717) is 24.0 Å². The largest absolute Gasteiger partial charge is 0.436 e. The highest BCUT2D eigenvalue weighted by atomic mass is 35.5. The van der Waals surface area contributed by atoms with Crippen LogP contribution in [0.5, 0.6) is 11.6 Å². The summed E-state index contributed by atoms with van der Waals surface area (Å²) < 4.78 is 20.0. The number of benzene rings is 2. The predicted molar refractivity (Wildman–Crippen MR) is 130 cm³/mol. The zero-order valence-electron chi connectivity index (χ0n) is 18.2. The predicted octanol–water partition coefficient (Wildman–Crippen LogP) is 4.87. The lowest BCUT2D eigenvalue weighted by Crippen LogP contribution is -2.40. The van der Waals surface area contributed by atoms with Gasteiger partial charge in [0.15, 0.2) is 0 Å². The maximum absolute atomic E-state index is 14.3. The summed E-state index contributed by atoms with van der Waals surface area (Å²) in [4.78, 5) is 48.3. The number of amides is 3. The van der Waals surface area contributed by atoms with Crippen molar-refractivity contribution in [3.05, 3.63) is 64.2 Å². The summed E-state index contributed by atoms with van der Waals surface area (Å²) >= 11 is 6.53. The van der Waals surface area contributed by atoms with Crippen LogP contribution in [0, 0.1) is 5.82 Å². The zero-order valence-corrected chi connectivity index (χ0v) is 19.8. The SMILES string of the molecule is O=C(CN1C(=O)S/C(=C/c2c(Oc3nc(Cl)ncc3F)ccc3ccccc23)C1=O)N1CCCC1. The van der Waals surface area contributed by atoms with Crippen molar-refractivity contribution >= 4 is 57.3 Å². The molecule has 0 saturated carbocycles. The van der Waals surface area contributed by atoms with Crippen molar-refractivity contribution in [2.75, 3.05) is 19.6 Å². The van der Waals surface area contributed by atoms with Gasteiger partial charge in [0, 0.05) is 18.7 Å². The van der Waals surface area contributed by atoms with Gasteiger partial charge in [-0.05, 0) is 59.1 Å². The second-order valence-corrected chi connectivity index (χ2v) is 9.28. The molecule has 2 fully saturated rings.